The van der Waals surface area contributed by atoms with Gasteiger partial charge in [0.25, 0.3) is 0 Å². The van der Waals surface area contributed by atoms with Gasteiger partial charge in [0.1, 0.15) is 0 Å². The van der Waals surface area contributed by atoms with Crippen LogP contribution in [0.25, 0.3) is 0 Å². The molecule has 1 rings (SSSR count). The summed E-state index contributed by atoms with van der Waals surface area (Å²) < 4.78 is 0. The lowest BCUT2D eigenvalue weighted by Crippen LogP contribution is -2.50. The minimum atomic E-state index is -0.0712. The van der Waals surface area contributed by atoms with E-state index in [4.69, 9.17) is 5.21 Å². The maximum absolute atomic E-state index is 11.0. The summed E-state index contributed by atoms with van der Waals surface area (Å²) in [5.41, 5.74) is 0. The number of rotatable bonds is 0. The van der Waals surface area contributed by atoms with Gasteiger partial charge in [-0.05, 0) is 0 Å². The second-order valence-corrected chi connectivity index (χ2v) is 2.50. The number of hydrogen-bond donors (Lipinski definition) is 2. The molecular weight excluding hydrogens is 146 g/mol. The van der Waals surface area contributed by atoms with Crippen molar-refractivity contribution >= 4 is 6.03 Å². The van der Waals surface area contributed by atoms with Crippen LogP contribution in [0, 0.1) is 0 Å². The van der Waals surface area contributed by atoms with Crippen LogP contribution in [-0.4, -0.2) is 54.4 Å². The SMILES string of the molecule is CNC(=O)N1CCN(O)CC1. The first-order chi connectivity index (χ1) is 5.24. The number of urea groups is 1. The van der Waals surface area contributed by atoms with E-state index in [1.807, 2.05) is 0 Å². The molecule has 0 spiro atoms. The molecule has 1 aliphatic heterocycles. The number of nitrogens with one attached hydrogen (secondary N) is 1. The van der Waals surface area contributed by atoms with Crippen LogP contribution < -0.4 is 5.32 Å². The van der Waals surface area contributed by atoms with Gasteiger partial charge in [0, 0.05) is 33.2 Å². The number of amides is 2. The lowest BCUT2D eigenvalue weighted by molar-refractivity contribution is -0.111. The molecule has 5 heteroatoms. The maximum Gasteiger partial charge on any atom is 0.317 e. The Kier molecular flexibility index (Phi) is 2.67. The number of carbonyl (C=O) groups excluding carboxylic acids is 1. The van der Waals surface area contributed by atoms with Gasteiger partial charge in [-0.3, -0.25) is 0 Å². The third kappa shape index (κ3) is 2.06. The van der Waals surface area contributed by atoms with E-state index < -0.39 is 0 Å². The standard InChI is InChI=1S/C6H13N3O2/c1-7-6(10)8-2-4-9(11)5-3-8/h11H,2-5H2,1H3,(H,7,10). The smallest absolute Gasteiger partial charge is 0.317 e. The van der Waals surface area contributed by atoms with Gasteiger partial charge in [-0.25, -0.2) is 4.79 Å². The van der Waals surface area contributed by atoms with Crippen LogP contribution in [0.2, 0.25) is 0 Å². The van der Waals surface area contributed by atoms with Gasteiger partial charge in [0.2, 0.25) is 0 Å². The van der Waals surface area contributed by atoms with Crippen LogP contribution in [-0.2, 0) is 0 Å². The van der Waals surface area contributed by atoms with E-state index in [2.05, 4.69) is 5.32 Å². The highest BCUT2D eigenvalue weighted by atomic mass is 16.5. The molecule has 0 aliphatic carbocycles. The zero-order valence-electron chi connectivity index (χ0n) is 6.58. The molecule has 5 nitrogen and oxygen atoms in total. The van der Waals surface area contributed by atoms with Crippen LogP contribution >= 0.6 is 0 Å². The van der Waals surface area contributed by atoms with Crippen molar-refractivity contribution in [1.82, 2.24) is 15.3 Å². The first-order valence-electron chi connectivity index (χ1n) is 3.64. The molecule has 0 unspecified atom stereocenters. The molecule has 0 aromatic rings. The van der Waals surface area contributed by atoms with E-state index in [0.29, 0.717) is 26.2 Å². The molecule has 0 aromatic heterocycles. The van der Waals surface area contributed by atoms with Crippen molar-refractivity contribution in [3.63, 3.8) is 0 Å². The fraction of sp³-hybridized carbons (Fsp3) is 0.833. The van der Waals surface area contributed by atoms with E-state index in [-0.39, 0.29) is 6.03 Å². The van der Waals surface area contributed by atoms with Crippen molar-refractivity contribution in [2.24, 2.45) is 0 Å². The summed E-state index contributed by atoms with van der Waals surface area (Å²) in [5, 5.41) is 12.7. The van der Waals surface area contributed by atoms with Crippen LogP contribution in [0.4, 0.5) is 4.79 Å². The molecule has 1 heterocycles. The van der Waals surface area contributed by atoms with E-state index >= 15 is 0 Å². The zero-order valence-corrected chi connectivity index (χ0v) is 6.58. The third-order valence-corrected chi connectivity index (χ3v) is 1.76. The normalized spacial score (nSPS) is 20.0. The second kappa shape index (κ2) is 3.54. The van der Waals surface area contributed by atoms with Gasteiger partial charge in [0.15, 0.2) is 0 Å². The van der Waals surface area contributed by atoms with Gasteiger partial charge < -0.3 is 15.4 Å². The van der Waals surface area contributed by atoms with Crippen molar-refractivity contribution in [3.05, 3.63) is 0 Å². The Balaban J connectivity index is 2.33. The molecule has 2 amide bonds. The van der Waals surface area contributed by atoms with E-state index in [0.717, 1.165) is 0 Å². The molecule has 0 atom stereocenters. The van der Waals surface area contributed by atoms with Crippen molar-refractivity contribution in [3.8, 4) is 0 Å². The van der Waals surface area contributed by atoms with Gasteiger partial charge in [0.05, 0.1) is 0 Å². The molecule has 1 fully saturated rings. The van der Waals surface area contributed by atoms with Crippen LogP contribution in [0.15, 0.2) is 0 Å². The summed E-state index contributed by atoms with van der Waals surface area (Å²) in [4.78, 5) is 12.7. The highest BCUT2D eigenvalue weighted by Gasteiger charge is 2.18. The monoisotopic (exact) mass is 159 g/mol. The first-order valence-corrected chi connectivity index (χ1v) is 3.64. The van der Waals surface area contributed by atoms with Crippen LogP contribution in [0.5, 0.6) is 0 Å². The molecule has 0 bridgehead atoms. The minimum Gasteiger partial charge on any atom is -0.341 e. The molecular formula is C6H13N3O2. The highest BCUT2D eigenvalue weighted by Crippen LogP contribution is 1.97. The molecule has 2 N–H and O–H groups in total. The Morgan fingerprint density at radius 3 is 2.36 bits per heavy atom. The minimum absolute atomic E-state index is 0.0712. The number of hydrogen-bond acceptors (Lipinski definition) is 3. The largest absolute Gasteiger partial charge is 0.341 e. The zero-order chi connectivity index (χ0) is 8.27. The Labute approximate surface area is 65.5 Å². The fourth-order valence-corrected chi connectivity index (χ4v) is 1.06. The predicted molar refractivity (Wildman–Crippen MR) is 39.4 cm³/mol. The van der Waals surface area contributed by atoms with Crippen molar-refractivity contribution < 1.29 is 10.0 Å². The average Bonchev–Trinajstić information content (AvgIpc) is 2.05. The summed E-state index contributed by atoms with van der Waals surface area (Å²) in [7, 11) is 1.60. The number of piperazine rings is 1. The molecule has 1 aliphatic rings. The predicted octanol–water partition coefficient (Wildman–Crippen LogP) is -0.667. The van der Waals surface area contributed by atoms with Gasteiger partial charge in [-0.1, -0.05) is 0 Å². The number of carbonyl (C=O) groups is 1. The molecule has 11 heavy (non-hydrogen) atoms. The summed E-state index contributed by atoms with van der Waals surface area (Å²) in [6, 6.07) is -0.0712. The highest BCUT2D eigenvalue weighted by molar-refractivity contribution is 5.73. The maximum atomic E-state index is 11.0. The number of hydroxylamine groups is 2. The molecule has 1 saturated heterocycles. The third-order valence-electron chi connectivity index (χ3n) is 1.76. The first kappa shape index (κ1) is 8.29. The quantitative estimate of drug-likeness (QED) is 0.493. The van der Waals surface area contributed by atoms with Crippen molar-refractivity contribution in [2.45, 2.75) is 0 Å². The van der Waals surface area contributed by atoms with E-state index in [1.54, 1.807) is 11.9 Å². The summed E-state index contributed by atoms with van der Waals surface area (Å²) in [5.74, 6) is 0. The fourth-order valence-electron chi connectivity index (χ4n) is 1.06. The molecule has 0 saturated carbocycles. The molecule has 0 radical (unpaired) electrons. The van der Waals surface area contributed by atoms with E-state index in [1.165, 1.54) is 5.06 Å². The Morgan fingerprint density at radius 2 is 1.91 bits per heavy atom. The van der Waals surface area contributed by atoms with Crippen molar-refractivity contribution in [2.75, 3.05) is 33.2 Å². The topological polar surface area (TPSA) is 55.8 Å². The molecule has 0 aromatic carbocycles. The summed E-state index contributed by atoms with van der Waals surface area (Å²) in [6.07, 6.45) is 0. The second-order valence-electron chi connectivity index (χ2n) is 2.50. The van der Waals surface area contributed by atoms with Crippen LogP contribution in [0.1, 0.15) is 0 Å². The van der Waals surface area contributed by atoms with E-state index in [9.17, 15) is 4.79 Å². The van der Waals surface area contributed by atoms with Gasteiger partial charge >= 0.3 is 6.03 Å². The Hall–Kier alpha value is -0.810. The average molecular weight is 159 g/mol. The summed E-state index contributed by atoms with van der Waals surface area (Å²) in [6.45, 7) is 2.26. The summed E-state index contributed by atoms with van der Waals surface area (Å²) >= 11 is 0. The molecule has 64 valence electrons. The Morgan fingerprint density at radius 1 is 1.36 bits per heavy atom. The van der Waals surface area contributed by atoms with Crippen molar-refractivity contribution in [1.29, 1.82) is 0 Å². The van der Waals surface area contributed by atoms with Crippen LogP contribution in [0.3, 0.4) is 0 Å². The van der Waals surface area contributed by atoms with Gasteiger partial charge in [-0.2, -0.15) is 5.06 Å². The lowest BCUT2D eigenvalue weighted by atomic mass is 10.4. The lowest BCUT2D eigenvalue weighted by Gasteiger charge is -2.30. The van der Waals surface area contributed by atoms with Gasteiger partial charge in [-0.15, -0.1) is 0 Å². The Bertz CT molecular complexity index is 143. The number of nitrogens with zero attached hydrogens (tertiary/aromatic N) is 2.